The van der Waals surface area contributed by atoms with Crippen molar-refractivity contribution in [1.82, 2.24) is 25.3 Å². The Labute approximate surface area is 199 Å². The molecule has 1 saturated carbocycles. The van der Waals surface area contributed by atoms with Crippen LogP contribution in [0.15, 0.2) is 30.5 Å². The molecule has 2 fully saturated rings. The average molecular weight is 472 g/mol. The lowest BCUT2D eigenvalue weighted by atomic mass is 9.93. The highest BCUT2D eigenvalue weighted by Crippen LogP contribution is 2.24. The first-order valence-corrected chi connectivity index (χ1v) is 11.9. The third-order valence-electron chi connectivity index (χ3n) is 6.10. The molecule has 2 aromatic rings. The number of hydrogen-bond donors (Lipinski definition) is 3. The number of piperazine rings is 1. The minimum atomic E-state index is -0.442. The Balaban J connectivity index is 1.26. The summed E-state index contributed by atoms with van der Waals surface area (Å²) in [5, 5.41) is 12.7. The van der Waals surface area contributed by atoms with Crippen molar-refractivity contribution in [2.24, 2.45) is 0 Å². The fraction of sp³-hybridized carbons (Fsp3) is 0.542. The van der Waals surface area contributed by atoms with Gasteiger partial charge < -0.3 is 20.9 Å². The molecule has 1 saturated heterocycles. The number of aromatic nitrogens is 2. The van der Waals surface area contributed by atoms with Crippen LogP contribution in [0.1, 0.15) is 45.7 Å². The smallest absolute Gasteiger partial charge is 0.342 e. The van der Waals surface area contributed by atoms with E-state index in [1.165, 1.54) is 10.7 Å². The molecule has 4 rings (SSSR count). The van der Waals surface area contributed by atoms with Crippen LogP contribution in [0.4, 0.5) is 25.4 Å². The summed E-state index contributed by atoms with van der Waals surface area (Å²) in [4.78, 5) is 28.7. The van der Waals surface area contributed by atoms with Gasteiger partial charge in [0, 0.05) is 56.2 Å². The monoisotopic (exact) mass is 471 g/mol. The summed E-state index contributed by atoms with van der Waals surface area (Å²) in [6.45, 7) is 9.53. The number of rotatable bonds is 5. The topological polar surface area (TPSA) is 94.5 Å². The van der Waals surface area contributed by atoms with Gasteiger partial charge in [-0.05, 0) is 64.3 Å². The lowest BCUT2D eigenvalue weighted by molar-refractivity contribution is 0.229. The molecule has 10 heteroatoms. The summed E-state index contributed by atoms with van der Waals surface area (Å²) in [7, 11) is 0. The number of anilines is 2. The Bertz CT molecular complexity index is 1020. The van der Waals surface area contributed by atoms with Crippen molar-refractivity contribution in [1.29, 1.82) is 0 Å². The van der Waals surface area contributed by atoms with Gasteiger partial charge >= 0.3 is 12.1 Å². The van der Waals surface area contributed by atoms with E-state index in [9.17, 15) is 14.0 Å². The van der Waals surface area contributed by atoms with Gasteiger partial charge in [-0.25, -0.2) is 14.0 Å². The number of carbonyl (C=O) groups is 2. The van der Waals surface area contributed by atoms with Gasteiger partial charge in [-0.3, -0.25) is 4.90 Å². The minimum absolute atomic E-state index is 0.185. The third-order valence-corrected chi connectivity index (χ3v) is 6.10. The number of benzene rings is 1. The highest BCUT2D eigenvalue weighted by molar-refractivity contribution is 5.89. The second-order valence-electron chi connectivity index (χ2n) is 10.1. The van der Waals surface area contributed by atoms with Gasteiger partial charge in [0.25, 0.3) is 0 Å². The summed E-state index contributed by atoms with van der Waals surface area (Å²) in [5.74, 6) is -0.442. The van der Waals surface area contributed by atoms with Crippen LogP contribution < -0.4 is 20.9 Å². The van der Waals surface area contributed by atoms with E-state index in [1.807, 2.05) is 32.9 Å². The van der Waals surface area contributed by atoms with Crippen LogP contribution in [0.5, 0.6) is 0 Å². The second kappa shape index (κ2) is 10.0. The Kier molecular flexibility index (Phi) is 7.06. The molecule has 1 aromatic heterocycles. The molecule has 0 bridgehead atoms. The molecule has 0 unspecified atom stereocenters. The van der Waals surface area contributed by atoms with Crippen LogP contribution in [-0.2, 0) is 6.54 Å². The summed E-state index contributed by atoms with van der Waals surface area (Å²) in [6, 6.07) is 6.39. The molecule has 1 aliphatic carbocycles. The third kappa shape index (κ3) is 6.25. The Morgan fingerprint density at radius 1 is 1.12 bits per heavy atom. The first-order valence-electron chi connectivity index (χ1n) is 11.9. The number of amides is 3. The molecule has 1 aliphatic heterocycles. The maximum atomic E-state index is 14.6. The number of hydrogen-bond acceptors (Lipinski definition) is 5. The van der Waals surface area contributed by atoms with E-state index in [4.69, 9.17) is 0 Å². The minimum Gasteiger partial charge on any atom is -0.369 e. The Morgan fingerprint density at radius 2 is 1.85 bits per heavy atom. The number of urea groups is 1. The average Bonchev–Trinajstić information content (AvgIpc) is 3.20. The van der Waals surface area contributed by atoms with Crippen LogP contribution in [-0.4, -0.2) is 64.5 Å². The first kappa shape index (κ1) is 24.0. The largest absolute Gasteiger partial charge is 0.369 e. The van der Waals surface area contributed by atoms with E-state index in [2.05, 4.69) is 30.8 Å². The van der Waals surface area contributed by atoms with E-state index in [0.717, 1.165) is 56.8 Å². The van der Waals surface area contributed by atoms with Crippen molar-refractivity contribution in [3.8, 4) is 0 Å². The van der Waals surface area contributed by atoms with Gasteiger partial charge in [0.05, 0.1) is 11.4 Å². The van der Waals surface area contributed by atoms with Crippen LogP contribution in [0.3, 0.4) is 0 Å². The zero-order valence-corrected chi connectivity index (χ0v) is 20.1. The second-order valence-corrected chi connectivity index (χ2v) is 10.1. The fourth-order valence-electron chi connectivity index (χ4n) is 4.03. The zero-order valence-electron chi connectivity index (χ0n) is 20.1. The number of carbonyl (C=O) groups excluding carboxylic acids is 2. The highest BCUT2D eigenvalue weighted by Gasteiger charge is 2.22. The van der Waals surface area contributed by atoms with Crippen molar-refractivity contribution in [3.05, 3.63) is 42.0 Å². The van der Waals surface area contributed by atoms with Gasteiger partial charge in [0.2, 0.25) is 0 Å². The molecular formula is C24H34FN7O2. The van der Waals surface area contributed by atoms with Crippen LogP contribution in [0, 0.1) is 5.82 Å². The van der Waals surface area contributed by atoms with Crippen molar-refractivity contribution < 1.29 is 14.0 Å². The summed E-state index contributed by atoms with van der Waals surface area (Å²) >= 11 is 0. The molecule has 34 heavy (non-hydrogen) atoms. The zero-order chi connectivity index (χ0) is 24.3. The van der Waals surface area contributed by atoms with Gasteiger partial charge in [-0.2, -0.15) is 9.78 Å². The van der Waals surface area contributed by atoms with Crippen LogP contribution >= 0.6 is 0 Å². The van der Waals surface area contributed by atoms with Crippen molar-refractivity contribution >= 4 is 23.4 Å². The fourth-order valence-corrected chi connectivity index (χ4v) is 4.03. The molecule has 3 N–H and O–H groups in total. The van der Waals surface area contributed by atoms with Gasteiger partial charge in [-0.15, -0.1) is 0 Å². The lowest BCUT2D eigenvalue weighted by Crippen LogP contribution is -2.46. The SMILES string of the molecule is CC(C)(C)NC(=O)n1ccc(CN2CCN(c3ccc(NC(=O)NC4CCC4)c(F)c3)CC2)n1. The van der Waals surface area contributed by atoms with E-state index in [-0.39, 0.29) is 29.3 Å². The maximum Gasteiger partial charge on any atom is 0.342 e. The molecule has 9 nitrogen and oxygen atoms in total. The van der Waals surface area contributed by atoms with Crippen molar-refractivity contribution in [2.45, 2.75) is 58.2 Å². The predicted molar refractivity (Wildman–Crippen MR) is 130 cm³/mol. The Hall–Kier alpha value is -3.14. The molecule has 3 amide bonds. The standard InChI is InChI=1S/C24H34FN7O2/c1-24(2,3)28-23(34)32-10-9-18(29-32)16-30-11-13-31(14-12-30)19-7-8-21(20(25)15-19)27-22(33)26-17-5-4-6-17/h7-10,15,17H,4-6,11-14,16H2,1-3H3,(H,28,34)(H2,26,27,33). The number of nitrogens with zero attached hydrogens (tertiary/aromatic N) is 4. The van der Waals surface area contributed by atoms with Gasteiger partial charge in [0.15, 0.2) is 0 Å². The molecule has 2 aliphatic rings. The Morgan fingerprint density at radius 3 is 2.47 bits per heavy atom. The van der Waals surface area contributed by atoms with Gasteiger partial charge in [0.1, 0.15) is 5.82 Å². The van der Waals surface area contributed by atoms with Crippen molar-refractivity contribution in [2.75, 3.05) is 36.4 Å². The number of halogens is 1. The van der Waals surface area contributed by atoms with E-state index in [0.29, 0.717) is 6.54 Å². The summed E-state index contributed by atoms with van der Waals surface area (Å²) in [5.41, 5.74) is 1.49. The molecule has 0 radical (unpaired) electrons. The quantitative estimate of drug-likeness (QED) is 0.622. The highest BCUT2D eigenvalue weighted by atomic mass is 19.1. The van der Waals surface area contributed by atoms with Crippen molar-refractivity contribution in [3.63, 3.8) is 0 Å². The molecule has 0 atom stereocenters. The molecule has 184 valence electrons. The van der Waals surface area contributed by atoms with E-state index < -0.39 is 5.82 Å². The molecule has 1 aromatic carbocycles. The predicted octanol–water partition coefficient (Wildman–Crippen LogP) is 3.37. The maximum absolute atomic E-state index is 14.6. The van der Waals surface area contributed by atoms with E-state index in [1.54, 1.807) is 12.3 Å². The van der Waals surface area contributed by atoms with Crippen LogP contribution in [0.25, 0.3) is 0 Å². The molecule has 0 spiro atoms. The lowest BCUT2D eigenvalue weighted by Gasteiger charge is -2.35. The molecule has 2 heterocycles. The summed E-state index contributed by atoms with van der Waals surface area (Å²) < 4.78 is 15.9. The number of nitrogens with one attached hydrogen (secondary N) is 3. The summed E-state index contributed by atoms with van der Waals surface area (Å²) in [6.07, 6.45) is 4.76. The van der Waals surface area contributed by atoms with E-state index >= 15 is 0 Å². The van der Waals surface area contributed by atoms with Crippen LogP contribution in [0.2, 0.25) is 0 Å². The normalized spacial score (nSPS) is 17.2. The van der Waals surface area contributed by atoms with Gasteiger partial charge in [-0.1, -0.05) is 0 Å². The molecular weight excluding hydrogens is 437 g/mol. The first-order chi connectivity index (χ1) is 16.2.